The number of carbonyl (C=O) groups is 1. The molecule has 0 aliphatic carbocycles. The summed E-state index contributed by atoms with van der Waals surface area (Å²) in [7, 11) is 1.26. The van der Waals surface area contributed by atoms with Crippen molar-refractivity contribution < 1.29 is 18.9 Å². The van der Waals surface area contributed by atoms with Gasteiger partial charge >= 0.3 is 11.6 Å². The number of nitrogens with zero attached hydrogens (tertiary/aromatic N) is 2. The maximum atomic E-state index is 12.4. The van der Waals surface area contributed by atoms with Crippen LogP contribution in [0.5, 0.6) is 0 Å². The van der Waals surface area contributed by atoms with Gasteiger partial charge in [-0.3, -0.25) is 10.1 Å². The minimum Gasteiger partial charge on any atom is -0.465 e. The van der Waals surface area contributed by atoms with Gasteiger partial charge in [0.25, 0.3) is 5.69 Å². The molecule has 2 heterocycles. The molecular formula is C18H11N3O6. The van der Waals surface area contributed by atoms with Crippen molar-refractivity contribution in [1.82, 2.24) is 9.97 Å². The van der Waals surface area contributed by atoms with Crippen LogP contribution in [0.1, 0.15) is 10.4 Å². The maximum Gasteiger partial charge on any atom is 0.347 e. The largest absolute Gasteiger partial charge is 0.465 e. The lowest BCUT2D eigenvalue weighted by Gasteiger charge is -2.02. The Balaban J connectivity index is 1.84. The van der Waals surface area contributed by atoms with Gasteiger partial charge in [0, 0.05) is 17.5 Å². The monoisotopic (exact) mass is 365 g/mol. The number of ether oxygens (including phenoxy) is 1. The summed E-state index contributed by atoms with van der Waals surface area (Å²) in [6, 6.07) is 10.4. The lowest BCUT2D eigenvalue weighted by molar-refractivity contribution is -0.384. The molecular weight excluding hydrogens is 354 g/mol. The predicted molar refractivity (Wildman–Crippen MR) is 95.6 cm³/mol. The standard InChI is InChI=1S/C18H11N3O6/c1-26-17(22)10-3-2-9-6-12(18(23)27-15(9)7-10)16-19-13-5-4-11(21(24)25)8-14(13)20-16/h2-8H,1H3,(H,19,20). The number of methoxy groups -OCH3 is 1. The van der Waals surface area contributed by atoms with E-state index in [2.05, 4.69) is 14.7 Å². The number of nitrogens with one attached hydrogen (secondary N) is 1. The van der Waals surface area contributed by atoms with Gasteiger partial charge in [-0.15, -0.1) is 0 Å². The number of nitro benzene ring substituents is 1. The minimum absolute atomic E-state index is 0.0846. The van der Waals surface area contributed by atoms with Crippen LogP contribution >= 0.6 is 0 Å². The number of imidazole rings is 1. The molecule has 9 heteroatoms. The van der Waals surface area contributed by atoms with Crippen molar-refractivity contribution in [1.29, 1.82) is 0 Å². The summed E-state index contributed by atoms with van der Waals surface area (Å²) in [6.07, 6.45) is 0. The number of non-ortho nitro benzene ring substituents is 1. The van der Waals surface area contributed by atoms with Gasteiger partial charge in [0.15, 0.2) is 0 Å². The van der Waals surface area contributed by atoms with Crippen molar-refractivity contribution >= 4 is 33.7 Å². The van der Waals surface area contributed by atoms with Gasteiger partial charge in [-0.05, 0) is 24.3 Å². The fraction of sp³-hybridized carbons (Fsp3) is 0.0556. The normalized spacial score (nSPS) is 11.0. The SMILES string of the molecule is COC(=O)c1ccc2cc(-c3nc4ccc([N+](=O)[O-])cc4[nH]3)c(=O)oc2c1. The lowest BCUT2D eigenvalue weighted by Crippen LogP contribution is -2.05. The second kappa shape index (κ2) is 6.06. The van der Waals surface area contributed by atoms with Crippen LogP contribution < -0.4 is 5.63 Å². The van der Waals surface area contributed by atoms with E-state index in [0.29, 0.717) is 16.4 Å². The van der Waals surface area contributed by atoms with Gasteiger partial charge in [-0.1, -0.05) is 6.07 Å². The topological polar surface area (TPSA) is 128 Å². The smallest absolute Gasteiger partial charge is 0.347 e. The molecule has 0 aliphatic heterocycles. The number of carbonyl (C=O) groups excluding carboxylic acids is 1. The number of hydrogen-bond acceptors (Lipinski definition) is 7. The Kier molecular flexibility index (Phi) is 3.69. The molecule has 0 atom stereocenters. The average Bonchev–Trinajstić information content (AvgIpc) is 3.09. The Labute approximate surface area is 150 Å². The van der Waals surface area contributed by atoms with Gasteiger partial charge < -0.3 is 14.1 Å². The average molecular weight is 365 g/mol. The molecule has 4 aromatic rings. The Bertz CT molecular complexity index is 1290. The molecule has 0 unspecified atom stereocenters. The van der Waals surface area contributed by atoms with Gasteiger partial charge in [0.05, 0.1) is 28.6 Å². The molecule has 134 valence electrons. The number of fused-ring (bicyclic) bond motifs is 2. The highest BCUT2D eigenvalue weighted by atomic mass is 16.6. The first-order valence-corrected chi connectivity index (χ1v) is 7.77. The van der Waals surface area contributed by atoms with Crippen molar-refractivity contribution in [3.05, 3.63) is 68.6 Å². The summed E-state index contributed by atoms with van der Waals surface area (Å²) < 4.78 is 9.96. The Morgan fingerprint density at radius 1 is 1.22 bits per heavy atom. The summed E-state index contributed by atoms with van der Waals surface area (Å²) in [6.45, 7) is 0. The van der Waals surface area contributed by atoms with Crippen LogP contribution in [0.3, 0.4) is 0 Å². The van der Waals surface area contributed by atoms with E-state index < -0.39 is 16.5 Å². The van der Waals surface area contributed by atoms with Crippen LogP contribution in [0.15, 0.2) is 51.7 Å². The van der Waals surface area contributed by atoms with Gasteiger partial charge in [0.1, 0.15) is 17.0 Å². The molecule has 9 nitrogen and oxygen atoms in total. The van der Waals surface area contributed by atoms with Crippen LogP contribution in [-0.2, 0) is 4.74 Å². The third-order valence-corrected chi connectivity index (χ3v) is 4.09. The van der Waals surface area contributed by atoms with E-state index in [1.165, 1.54) is 31.4 Å². The van der Waals surface area contributed by atoms with E-state index >= 15 is 0 Å². The molecule has 0 radical (unpaired) electrons. The fourth-order valence-corrected chi connectivity index (χ4v) is 2.76. The van der Waals surface area contributed by atoms with E-state index in [9.17, 15) is 19.7 Å². The molecule has 0 aliphatic rings. The third-order valence-electron chi connectivity index (χ3n) is 4.09. The fourth-order valence-electron chi connectivity index (χ4n) is 2.76. The second-order valence-electron chi connectivity index (χ2n) is 5.74. The summed E-state index contributed by atoms with van der Waals surface area (Å²) in [5.41, 5.74) is 0.843. The summed E-state index contributed by atoms with van der Waals surface area (Å²) >= 11 is 0. The first-order chi connectivity index (χ1) is 13.0. The molecule has 0 amide bonds. The molecule has 2 aromatic heterocycles. The van der Waals surface area contributed by atoms with E-state index in [-0.39, 0.29) is 28.2 Å². The predicted octanol–water partition coefficient (Wildman–Crippen LogP) is 3.03. The molecule has 0 spiro atoms. The number of H-pyrrole nitrogens is 1. The Morgan fingerprint density at radius 3 is 2.78 bits per heavy atom. The zero-order valence-electron chi connectivity index (χ0n) is 13.9. The van der Waals surface area contributed by atoms with E-state index in [1.54, 1.807) is 18.2 Å². The second-order valence-corrected chi connectivity index (χ2v) is 5.74. The van der Waals surface area contributed by atoms with E-state index in [0.717, 1.165) is 0 Å². The number of hydrogen-bond donors (Lipinski definition) is 1. The van der Waals surface area contributed by atoms with Crippen LogP contribution in [0, 0.1) is 10.1 Å². The Morgan fingerprint density at radius 2 is 2.04 bits per heavy atom. The van der Waals surface area contributed by atoms with Crippen molar-refractivity contribution in [2.24, 2.45) is 0 Å². The molecule has 2 aromatic carbocycles. The maximum absolute atomic E-state index is 12.4. The first kappa shape index (κ1) is 16.5. The van der Waals surface area contributed by atoms with Crippen LogP contribution in [0.25, 0.3) is 33.4 Å². The molecule has 0 bridgehead atoms. The van der Waals surface area contributed by atoms with Crippen LogP contribution in [-0.4, -0.2) is 28.0 Å². The van der Waals surface area contributed by atoms with Crippen molar-refractivity contribution in [2.75, 3.05) is 7.11 Å². The third kappa shape index (κ3) is 2.80. The highest BCUT2D eigenvalue weighted by Gasteiger charge is 2.15. The van der Waals surface area contributed by atoms with Gasteiger partial charge in [-0.2, -0.15) is 0 Å². The number of aromatic nitrogens is 2. The molecule has 27 heavy (non-hydrogen) atoms. The molecule has 4 rings (SSSR count). The number of aromatic amines is 1. The molecule has 0 saturated heterocycles. The molecule has 0 saturated carbocycles. The number of nitro groups is 1. The quantitative estimate of drug-likeness (QED) is 0.256. The first-order valence-electron chi connectivity index (χ1n) is 7.77. The van der Waals surface area contributed by atoms with E-state index in [4.69, 9.17) is 4.42 Å². The van der Waals surface area contributed by atoms with Crippen molar-refractivity contribution in [3.8, 4) is 11.4 Å². The lowest BCUT2D eigenvalue weighted by atomic mass is 10.1. The summed E-state index contributed by atoms with van der Waals surface area (Å²) in [4.78, 5) is 41.6. The van der Waals surface area contributed by atoms with Gasteiger partial charge in [0.2, 0.25) is 0 Å². The summed E-state index contributed by atoms with van der Waals surface area (Å²) in [5.74, 6) is -0.305. The number of rotatable bonds is 3. The zero-order chi connectivity index (χ0) is 19.1. The highest BCUT2D eigenvalue weighted by molar-refractivity contribution is 5.94. The van der Waals surface area contributed by atoms with Crippen molar-refractivity contribution in [2.45, 2.75) is 0 Å². The summed E-state index contributed by atoms with van der Waals surface area (Å²) in [5, 5.41) is 11.5. The molecule has 0 fully saturated rings. The Hall–Kier alpha value is -4.01. The van der Waals surface area contributed by atoms with E-state index in [1.807, 2.05) is 0 Å². The number of benzene rings is 2. The van der Waals surface area contributed by atoms with Crippen LogP contribution in [0.2, 0.25) is 0 Å². The van der Waals surface area contributed by atoms with Crippen LogP contribution in [0.4, 0.5) is 5.69 Å². The highest BCUT2D eigenvalue weighted by Crippen LogP contribution is 2.25. The minimum atomic E-state index is -0.655. The molecule has 1 N–H and O–H groups in total. The van der Waals surface area contributed by atoms with Gasteiger partial charge in [-0.25, -0.2) is 14.6 Å². The number of esters is 1. The zero-order valence-corrected chi connectivity index (χ0v) is 13.9. The van der Waals surface area contributed by atoms with Crippen molar-refractivity contribution in [3.63, 3.8) is 0 Å².